The first-order valence-corrected chi connectivity index (χ1v) is 12.1. The van der Waals surface area contributed by atoms with Crippen LogP contribution in [0.15, 0.2) is 35.2 Å². The van der Waals surface area contributed by atoms with Crippen LogP contribution in [0.25, 0.3) is 10.2 Å². The highest BCUT2D eigenvalue weighted by Crippen LogP contribution is 2.34. The van der Waals surface area contributed by atoms with Crippen molar-refractivity contribution in [1.29, 1.82) is 0 Å². The van der Waals surface area contributed by atoms with Crippen LogP contribution in [0.4, 0.5) is 5.82 Å². The van der Waals surface area contributed by atoms with Crippen molar-refractivity contribution in [3.63, 3.8) is 0 Å². The fraction of sp³-hybridized carbons (Fsp3) is 0.455. The molecule has 2 N–H and O–H groups in total. The molecule has 0 spiro atoms. The molecule has 3 aromatic rings. The molecular weight excluding hydrogens is 416 g/mol. The van der Waals surface area contributed by atoms with Crippen molar-refractivity contribution >= 4 is 39.1 Å². The summed E-state index contributed by atoms with van der Waals surface area (Å²) in [7, 11) is 0. The first-order valence-electron chi connectivity index (χ1n) is 10.3. The summed E-state index contributed by atoms with van der Waals surface area (Å²) in [5.41, 5.74) is 1.21. The number of hydrogen-bond acceptors (Lipinski definition) is 8. The fourth-order valence-corrected chi connectivity index (χ4v) is 5.33. The quantitative estimate of drug-likeness (QED) is 0.513. The zero-order valence-corrected chi connectivity index (χ0v) is 19.1. The smallest absolute Gasteiger partial charge is 0.142 e. The predicted molar refractivity (Wildman–Crippen MR) is 125 cm³/mol. The number of anilines is 1. The van der Waals surface area contributed by atoms with Gasteiger partial charge in [-0.05, 0) is 31.5 Å². The minimum atomic E-state index is -0.463. The van der Waals surface area contributed by atoms with Gasteiger partial charge in [-0.1, -0.05) is 18.2 Å². The monoisotopic (exact) mass is 444 g/mol. The highest BCUT2D eigenvalue weighted by atomic mass is 32.2. The second kappa shape index (κ2) is 10.1. The van der Waals surface area contributed by atoms with Crippen LogP contribution in [0.1, 0.15) is 16.3 Å². The summed E-state index contributed by atoms with van der Waals surface area (Å²) in [6.07, 6.45) is -0.463. The molecule has 2 aromatic heterocycles. The Kier molecular flexibility index (Phi) is 7.22. The Hall–Kier alpha value is -1.71. The van der Waals surface area contributed by atoms with Crippen LogP contribution in [-0.4, -0.2) is 65.5 Å². The van der Waals surface area contributed by atoms with Gasteiger partial charge >= 0.3 is 0 Å². The molecule has 4 rings (SSSR count). The number of rotatable bonds is 8. The van der Waals surface area contributed by atoms with Gasteiger partial charge in [0.2, 0.25) is 0 Å². The van der Waals surface area contributed by atoms with E-state index in [-0.39, 0.29) is 0 Å². The Labute approximate surface area is 185 Å². The summed E-state index contributed by atoms with van der Waals surface area (Å²) < 4.78 is 5.39. The largest absolute Gasteiger partial charge is 0.390 e. The van der Waals surface area contributed by atoms with Gasteiger partial charge in [-0.3, -0.25) is 4.90 Å². The molecular formula is C22H28N4O2S2. The summed E-state index contributed by atoms with van der Waals surface area (Å²) in [5, 5.41) is 15.0. The Morgan fingerprint density at radius 2 is 1.97 bits per heavy atom. The molecule has 1 aliphatic heterocycles. The van der Waals surface area contributed by atoms with Crippen molar-refractivity contribution in [1.82, 2.24) is 14.9 Å². The number of ether oxygens (including phenoxy) is 1. The van der Waals surface area contributed by atoms with E-state index in [1.165, 1.54) is 15.3 Å². The van der Waals surface area contributed by atoms with Gasteiger partial charge in [0.15, 0.2) is 0 Å². The standard InChI is InChI=1S/C22H28N4O2S2/c1-15-16(2)30-22-20(15)21(23-12-17(27)13-26-8-10-28-11-9-26)24-19(25-22)14-29-18-6-4-3-5-7-18/h3-7,17,27H,8-14H2,1-2H3,(H,23,24,25). The highest BCUT2D eigenvalue weighted by molar-refractivity contribution is 7.98. The minimum Gasteiger partial charge on any atom is -0.390 e. The highest BCUT2D eigenvalue weighted by Gasteiger charge is 2.18. The molecule has 3 heterocycles. The lowest BCUT2D eigenvalue weighted by Crippen LogP contribution is -2.42. The van der Waals surface area contributed by atoms with Gasteiger partial charge in [-0.15, -0.1) is 23.1 Å². The lowest BCUT2D eigenvalue weighted by molar-refractivity contribution is 0.0171. The molecule has 1 aromatic carbocycles. The van der Waals surface area contributed by atoms with E-state index in [4.69, 9.17) is 14.7 Å². The van der Waals surface area contributed by atoms with E-state index in [1.807, 2.05) is 18.2 Å². The van der Waals surface area contributed by atoms with Gasteiger partial charge in [0.05, 0.1) is 30.5 Å². The van der Waals surface area contributed by atoms with Gasteiger partial charge < -0.3 is 15.2 Å². The molecule has 1 fully saturated rings. The topological polar surface area (TPSA) is 70.5 Å². The zero-order chi connectivity index (χ0) is 20.9. The molecule has 0 bridgehead atoms. The van der Waals surface area contributed by atoms with Crippen LogP contribution >= 0.6 is 23.1 Å². The number of benzene rings is 1. The summed E-state index contributed by atoms with van der Waals surface area (Å²) in [6.45, 7) is 8.57. The number of aryl methyl sites for hydroxylation is 2. The van der Waals surface area contributed by atoms with Gasteiger partial charge in [0.25, 0.3) is 0 Å². The van der Waals surface area contributed by atoms with Gasteiger partial charge in [-0.2, -0.15) is 0 Å². The van der Waals surface area contributed by atoms with E-state index in [9.17, 15) is 5.11 Å². The Bertz CT molecular complexity index is 974. The van der Waals surface area contributed by atoms with Crippen LogP contribution in [0.5, 0.6) is 0 Å². The molecule has 1 aliphatic rings. The number of thiophene rings is 1. The van der Waals surface area contributed by atoms with Crippen LogP contribution in [-0.2, 0) is 10.5 Å². The van der Waals surface area contributed by atoms with E-state index in [1.54, 1.807) is 23.1 Å². The van der Waals surface area contributed by atoms with E-state index in [0.29, 0.717) is 18.8 Å². The third-order valence-corrected chi connectivity index (χ3v) is 7.37. The van der Waals surface area contributed by atoms with Crippen molar-refractivity contribution < 1.29 is 9.84 Å². The predicted octanol–water partition coefficient (Wildman–Crippen LogP) is 3.71. The number of aliphatic hydroxyl groups is 1. The molecule has 1 atom stereocenters. The van der Waals surface area contributed by atoms with Crippen LogP contribution < -0.4 is 5.32 Å². The third-order valence-electron chi connectivity index (χ3n) is 5.26. The molecule has 160 valence electrons. The summed E-state index contributed by atoms with van der Waals surface area (Å²) in [5.74, 6) is 2.34. The number of nitrogens with zero attached hydrogens (tertiary/aromatic N) is 3. The van der Waals surface area contributed by atoms with Crippen molar-refractivity contribution in [2.45, 2.75) is 30.6 Å². The third kappa shape index (κ3) is 5.31. The van der Waals surface area contributed by atoms with Gasteiger partial charge in [0, 0.05) is 36.0 Å². The van der Waals surface area contributed by atoms with E-state index < -0.39 is 6.10 Å². The molecule has 8 heteroatoms. The Morgan fingerprint density at radius 1 is 1.20 bits per heavy atom. The minimum absolute atomic E-state index is 0.461. The number of aromatic nitrogens is 2. The molecule has 0 amide bonds. The van der Waals surface area contributed by atoms with E-state index in [2.05, 4.69) is 36.2 Å². The molecule has 1 saturated heterocycles. The van der Waals surface area contributed by atoms with Crippen LogP contribution in [0.2, 0.25) is 0 Å². The van der Waals surface area contributed by atoms with Crippen molar-refractivity contribution in [2.24, 2.45) is 0 Å². The summed E-state index contributed by atoms with van der Waals surface area (Å²) >= 11 is 3.44. The van der Waals surface area contributed by atoms with E-state index in [0.717, 1.165) is 48.2 Å². The van der Waals surface area contributed by atoms with Gasteiger partial charge in [0.1, 0.15) is 16.5 Å². The average molecular weight is 445 g/mol. The van der Waals surface area contributed by atoms with Crippen LogP contribution in [0, 0.1) is 13.8 Å². The second-order valence-electron chi connectivity index (χ2n) is 7.50. The zero-order valence-electron chi connectivity index (χ0n) is 17.4. The van der Waals surface area contributed by atoms with Crippen molar-refractivity contribution in [3.05, 3.63) is 46.6 Å². The lowest BCUT2D eigenvalue weighted by atomic mass is 10.2. The normalized spacial score (nSPS) is 16.1. The number of nitrogens with one attached hydrogen (secondary N) is 1. The summed E-state index contributed by atoms with van der Waals surface area (Å²) in [6, 6.07) is 10.3. The first kappa shape index (κ1) is 21.5. The maximum atomic E-state index is 10.5. The SMILES string of the molecule is Cc1sc2nc(CSc3ccccc3)nc(NCC(O)CN3CCOCC3)c2c1C. The summed E-state index contributed by atoms with van der Waals surface area (Å²) in [4.78, 5) is 15.4. The molecule has 0 aliphatic carbocycles. The lowest BCUT2D eigenvalue weighted by Gasteiger charge is -2.28. The van der Waals surface area contributed by atoms with Crippen molar-refractivity contribution in [3.8, 4) is 0 Å². The fourth-order valence-electron chi connectivity index (χ4n) is 3.51. The number of morpholine rings is 1. The Morgan fingerprint density at radius 3 is 2.73 bits per heavy atom. The maximum Gasteiger partial charge on any atom is 0.142 e. The molecule has 30 heavy (non-hydrogen) atoms. The Balaban J connectivity index is 1.48. The molecule has 0 radical (unpaired) electrons. The molecule has 6 nitrogen and oxygen atoms in total. The molecule has 1 unspecified atom stereocenters. The maximum absolute atomic E-state index is 10.5. The number of aliphatic hydroxyl groups excluding tert-OH is 1. The number of hydrogen-bond donors (Lipinski definition) is 2. The van der Waals surface area contributed by atoms with Crippen LogP contribution in [0.3, 0.4) is 0 Å². The van der Waals surface area contributed by atoms with Crippen molar-refractivity contribution in [2.75, 3.05) is 44.7 Å². The van der Waals surface area contributed by atoms with Gasteiger partial charge in [-0.25, -0.2) is 9.97 Å². The first-order chi connectivity index (χ1) is 14.6. The molecule has 0 saturated carbocycles. The van der Waals surface area contributed by atoms with E-state index >= 15 is 0 Å². The number of fused-ring (bicyclic) bond motifs is 1. The number of thioether (sulfide) groups is 1. The second-order valence-corrected chi connectivity index (χ2v) is 9.75. The average Bonchev–Trinajstić information content (AvgIpc) is 3.05. The number of β-amino-alcohol motifs (C(OH)–C–C–N with tert-alkyl or cyclic N) is 1.